The molecular weight excluding hydrogens is 268 g/mol. The van der Waals surface area contributed by atoms with Gasteiger partial charge >= 0.3 is 6.03 Å². The van der Waals surface area contributed by atoms with Crippen molar-refractivity contribution in [2.75, 3.05) is 6.54 Å². The van der Waals surface area contributed by atoms with Crippen LogP contribution < -0.4 is 5.32 Å². The van der Waals surface area contributed by atoms with Gasteiger partial charge < -0.3 is 10.2 Å². The highest BCUT2D eigenvalue weighted by Crippen LogP contribution is 2.27. The van der Waals surface area contributed by atoms with Gasteiger partial charge in [0.1, 0.15) is 0 Å². The average Bonchev–Trinajstić information content (AvgIpc) is 2.61. The van der Waals surface area contributed by atoms with Gasteiger partial charge in [-0.05, 0) is 25.5 Å². The summed E-state index contributed by atoms with van der Waals surface area (Å²) in [6.07, 6.45) is 0. The van der Waals surface area contributed by atoms with E-state index in [1.54, 1.807) is 0 Å². The first-order valence-electron chi connectivity index (χ1n) is 5.41. The van der Waals surface area contributed by atoms with E-state index in [1.807, 2.05) is 43.0 Å². The van der Waals surface area contributed by atoms with E-state index in [1.165, 1.54) is 0 Å². The molecule has 1 atom stereocenters. The van der Waals surface area contributed by atoms with E-state index in [0.717, 1.165) is 16.6 Å². The second-order valence-corrected chi connectivity index (χ2v) is 5.12. The van der Waals surface area contributed by atoms with Crippen LogP contribution in [-0.2, 0) is 0 Å². The number of urea groups is 1. The first-order valence-corrected chi connectivity index (χ1v) is 6.20. The summed E-state index contributed by atoms with van der Waals surface area (Å²) in [7, 11) is 0. The zero-order valence-corrected chi connectivity index (χ0v) is 11.0. The van der Waals surface area contributed by atoms with E-state index in [9.17, 15) is 4.79 Å². The van der Waals surface area contributed by atoms with Crippen LogP contribution in [0.15, 0.2) is 28.7 Å². The predicted molar refractivity (Wildman–Crippen MR) is 67.3 cm³/mol. The van der Waals surface area contributed by atoms with E-state index in [-0.39, 0.29) is 18.1 Å². The van der Waals surface area contributed by atoms with Crippen LogP contribution in [0.4, 0.5) is 4.79 Å². The Bertz CT molecular complexity index is 406. The lowest BCUT2D eigenvalue weighted by atomic mass is 10.1. The lowest BCUT2D eigenvalue weighted by molar-refractivity contribution is 0.206. The summed E-state index contributed by atoms with van der Waals surface area (Å²) in [5.74, 6) is 0. The van der Waals surface area contributed by atoms with Crippen LogP contribution in [0.2, 0.25) is 0 Å². The van der Waals surface area contributed by atoms with Gasteiger partial charge in [0.25, 0.3) is 0 Å². The summed E-state index contributed by atoms with van der Waals surface area (Å²) in [4.78, 5) is 13.6. The van der Waals surface area contributed by atoms with Crippen LogP contribution in [0.1, 0.15) is 25.5 Å². The van der Waals surface area contributed by atoms with Crippen molar-refractivity contribution in [3.8, 4) is 0 Å². The molecule has 0 spiro atoms. The number of rotatable bonds is 2. The minimum Gasteiger partial charge on any atom is -0.329 e. The predicted octanol–water partition coefficient (Wildman–Crippen LogP) is 2.92. The molecule has 1 fully saturated rings. The summed E-state index contributed by atoms with van der Waals surface area (Å²) < 4.78 is 1.05. The maximum absolute atomic E-state index is 11.7. The van der Waals surface area contributed by atoms with E-state index >= 15 is 0 Å². The van der Waals surface area contributed by atoms with Gasteiger partial charge in [-0.3, -0.25) is 0 Å². The Morgan fingerprint density at radius 2 is 2.12 bits per heavy atom. The van der Waals surface area contributed by atoms with Crippen molar-refractivity contribution < 1.29 is 4.79 Å². The summed E-state index contributed by atoms with van der Waals surface area (Å²) in [6, 6.07) is 8.36. The molecule has 16 heavy (non-hydrogen) atoms. The third-order valence-corrected chi connectivity index (χ3v) is 3.56. The van der Waals surface area contributed by atoms with Crippen molar-refractivity contribution in [2.24, 2.45) is 0 Å². The van der Waals surface area contributed by atoms with Crippen LogP contribution in [-0.4, -0.2) is 23.5 Å². The van der Waals surface area contributed by atoms with E-state index in [0.29, 0.717) is 0 Å². The van der Waals surface area contributed by atoms with Crippen molar-refractivity contribution >= 4 is 22.0 Å². The van der Waals surface area contributed by atoms with Gasteiger partial charge in [0.15, 0.2) is 0 Å². The van der Waals surface area contributed by atoms with Crippen LogP contribution in [0.3, 0.4) is 0 Å². The molecule has 1 saturated heterocycles. The topological polar surface area (TPSA) is 32.3 Å². The lowest BCUT2D eigenvalue weighted by Gasteiger charge is -2.19. The monoisotopic (exact) mass is 282 g/mol. The number of nitrogens with one attached hydrogen (secondary N) is 1. The van der Waals surface area contributed by atoms with Crippen LogP contribution in [0.25, 0.3) is 0 Å². The Labute approximate surface area is 104 Å². The Hall–Kier alpha value is -1.03. The fraction of sp³-hybridized carbons (Fsp3) is 0.417. The van der Waals surface area contributed by atoms with Gasteiger partial charge in [-0.1, -0.05) is 34.1 Å². The minimum atomic E-state index is 0.0238. The van der Waals surface area contributed by atoms with Gasteiger partial charge in [0.2, 0.25) is 0 Å². The highest BCUT2D eigenvalue weighted by Gasteiger charge is 2.31. The minimum absolute atomic E-state index is 0.0238. The summed E-state index contributed by atoms with van der Waals surface area (Å²) in [5, 5.41) is 3.00. The SMILES string of the molecule is CC(C)N1CC(c2ccccc2Br)NC1=O. The number of hydrogen-bond donors (Lipinski definition) is 1. The van der Waals surface area contributed by atoms with Crippen molar-refractivity contribution in [1.82, 2.24) is 10.2 Å². The highest BCUT2D eigenvalue weighted by molar-refractivity contribution is 9.10. The number of halogens is 1. The molecule has 86 valence electrons. The zero-order valence-electron chi connectivity index (χ0n) is 9.40. The molecule has 1 unspecified atom stereocenters. The van der Waals surface area contributed by atoms with Gasteiger partial charge in [0.05, 0.1) is 6.04 Å². The number of nitrogens with zero attached hydrogens (tertiary/aromatic N) is 1. The van der Waals surface area contributed by atoms with Gasteiger partial charge in [-0.2, -0.15) is 0 Å². The summed E-state index contributed by atoms with van der Waals surface area (Å²) in [5.41, 5.74) is 1.14. The smallest absolute Gasteiger partial charge is 0.318 e. The molecule has 4 heteroatoms. The maximum atomic E-state index is 11.7. The number of carbonyl (C=O) groups excluding carboxylic acids is 1. The summed E-state index contributed by atoms with van der Waals surface area (Å²) in [6.45, 7) is 4.79. The standard InChI is InChI=1S/C12H15BrN2O/c1-8(2)15-7-11(14-12(15)16)9-5-3-4-6-10(9)13/h3-6,8,11H,7H2,1-2H3,(H,14,16). The van der Waals surface area contributed by atoms with Crippen LogP contribution in [0.5, 0.6) is 0 Å². The fourth-order valence-electron chi connectivity index (χ4n) is 1.94. The second-order valence-electron chi connectivity index (χ2n) is 4.27. The largest absolute Gasteiger partial charge is 0.329 e. The molecule has 1 N–H and O–H groups in total. The zero-order chi connectivity index (χ0) is 11.7. The number of benzene rings is 1. The first kappa shape index (κ1) is 11.5. The molecule has 2 rings (SSSR count). The fourth-order valence-corrected chi connectivity index (χ4v) is 2.50. The van der Waals surface area contributed by atoms with Crippen LogP contribution >= 0.6 is 15.9 Å². The molecule has 1 aliphatic heterocycles. The molecule has 1 heterocycles. The quantitative estimate of drug-likeness (QED) is 0.889. The lowest BCUT2D eigenvalue weighted by Crippen LogP contribution is -2.33. The first-order chi connectivity index (χ1) is 7.59. The van der Waals surface area contributed by atoms with Gasteiger partial charge in [-0.25, -0.2) is 4.79 Å². The molecule has 2 amide bonds. The second kappa shape index (κ2) is 4.45. The molecular formula is C12H15BrN2O. The van der Waals surface area contributed by atoms with Crippen molar-refractivity contribution in [1.29, 1.82) is 0 Å². The maximum Gasteiger partial charge on any atom is 0.318 e. The molecule has 3 nitrogen and oxygen atoms in total. The number of carbonyl (C=O) groups is 1. The van der Waals surface area contributed by atoms with Gasteiger partial charge in [-0.15, -0.1) is 0 Å². The molecule has 0 aliphatic carbocycles. The van der Waals surface area contributed by atoms with E-state index < -0.39 is 0 Å². The van der Waals surface area contributed by atoms with Crippen LogP contribution in [0, 0.1) is 0 Å². The Balaban J connectivity index is 2.20. The van der Waals surface area contributed by atoms with E-state index in [4.69, 9.17) is 0 Å². The molecule has 0 aromatic heterocycles. The highest BCUT2D eigenvalue weighted by atomic mass is 79.9. The Morgan fingerprint density at radius 1 is 1.44 bits per heavy atom. The van der Waals surface area contributed by atoms with Crippen molar-refractivity contribution in [3.05, 3.63) is 34.3 Å². The molecule has 1 aromatic carbocycles. The number of hydrogen-bond acceptors (Lipinski definition) is 1. The number of amides is 2. The van der Waals surface area contributed by atoms with Crippen molar-refractivity contribution in [3.63, 3.8) is 0 Å². The average molecular weight is 283 g/mol. The molecule has 0 radical (unpaired) electrons. The molecule has 0 bridgehead atoms. The van der Waals surface area contributed by atoms with Crippen molar-refractivity contribution in [2.45, 2.75) is 25.9 Å². The molecule has 0 saturated carbocycles. The third kappa shape index (κ3) is 2.07. The normalized spacial score (nSPS) is 20.4. The van der Waals surface area contributed by atoms with Gasteiger partial charge in [0, 0.05) is 17.1 Å². The summed E-state index contributed by atoms with van der Waals surface area (Å²) >= 11 is 3.51. The molecule has 1 aromatic rings. The van der Waals surface area contributed by atoms with E-state index in [2.05, 4.69) is 21.2 Å². The third-order valence-electron chi connectivity index (χ3n) is 2.84. The Morgan fingerprint density at radius 3 is 2.69 bits per heavy atom. The Kier molecular flexibility index (Phi) is 3.19. The molecule has 1 aliphatic rings.